The molecule has 22 nitrogen and oxygen atoms in total. The molecule has 0 saturated carbocycles. The maximum absolute atomic E-state index is 14.5. The maximum atomic E-state index is 14.5. The van der Waals surface area contributed by atoms with E-state index in [0.29, 0.717) is 67.5 Å². The molecule has 6 aromatic rings. The smallest absolute Gasteiger partial charge is 0.251 e. The molecule has 6 saturated heterocycles. The molecule has 6 aromatic carbocycles. The Bertz CT molecular complexity index is 4010. The summed E-state index contributed by atoms with van der Waals surface area (Å²) in [7, 11) is 3.33. The van der Waals surface area contributed by atoms with E-state index in [1.54, 1.807) is 26.4 Å². The summed E-state index contributed by atoms with van der Waals surface area (Å²) < 4.78 is 24.9. The van der Waals surface area contributed by atoms with E-state index in [4.69, 9.17) is 19.7 Å². The van der Waals surface area contributed by atoms with Crippen LogP contribution in [-0.2, 0) is 56.0 Å². The molecule has 0 bridgehead atoms. The van der Waals surface area contributed by atoms with Crippen LogP contribution in [0, 0.1) is 0 Å². The average molecular weight is 1790 g/mol. The number of carbonyl (C=O) groups excluding carboxylic acids is 4. The van der Waals surface area contributed by atoms with Crippen LogP contribution in [0.5, 0.6) is 5.75 Å². The van der Waals surface area contributed by atoms with Crippen LogP contribution >= 0.6 is 0 Å². The third-order valence-corrected chi connectivity index (χ3v) is 27.6. The van der Waals surface area contributed by atoms with Gasteiger partial charge in [0.2, 0.25) is 17.7 Å². The normalized spacial score (nSPS) is 19.6. The Morgan fingerprint density at radius 3 is 0.977 bits per heavy atom. The number of rotatable bonds is 32. The highest BCUT2D eigenvalue weighted by Crippen LogP contribution is 2.39. The van der Waals surface area contributed by atoms with Crippen LogP contribution in [0.3, 0.4) is 0 Å². The summed E-state index contributed by atoms with van der Waals surface area (Å²) in [5, 5.41) is 71.4. The van der Waals surface area contributed by atoms with Gasteiger partial charge in [0, 0.05) is 150 Å². The number of halogens is 1. The number of piperidine rings is 6. The Hall–Kier alpha value is -7.59. The molecule has 0 aliphatic carbocycles. The van der Waals surface area contributed by atoms with E-state index in [1.165, 1.54) is 22.3 Å². The molecule has 6 aliphatic rings. The van der Waals surface area contributed by atoms with E-state index in [1.807, 2.05) is 98.8 Å². The van der Waals surface area contributed by atoms with E-state index < -0.39 is 48.7 Å². The largest absolute Gasteiger partial charge is 0.497 e. The first-order valence-electron chi connectivity index (χ1n) is 48.2. The van der Waals surface area contributed by atoms with Gasteiger partial charge in [-0.2, -0.15) is 0 Å². The first kappa shape index (κ1) is 108. The van der Waals surface area contributed by atoms with Crippen LogP contribution in [0.25, 0.3) is 0 Å². The zero-order chi connectivity index (χ0) is 94.4. The first-order valence-corrected chi connectivity index (χ1v) is 48.2. The van der Waals surface area contributed by atoms with Crippen molar-refractivity contribution in [3.8, 4) is 5.75 Å². The van der Waals surface area contributed by atoms with Gasteiger partial charge >= 0.3 is 0 Å². The molecule has 0 spiro atoms. The average Bonchev–Trinajstić information content (AvgIpc) is 0.831. The lowest BCUT2D eigenvalue weighted by Gasteiger charge is -2.44. The van der Waals surface area contributed by atoms with Crippen LogP contribution in [0.1, 0.15) is 233 Å². The van der Waals surface area contributed by atoms with Crippen molar-refractivity contribution in [2.75, 3.05) is 106 Å². The van der Waals surface area contributed by atoms with Crippen molar-refractivity contribution >= 4 is 23.6 Å². The summed E-state index contributed by atoms with van der Waals surface area (Å²) in [6, 6.07) is 61.4. The Kier molecular flexibility index (Phi) is 45.3. The maximum Gasteiger partial charge on any atom is 0.251 e. The zero-order valence-corrected chi connectivity index (χ0v) is 81.3. The number of ether oxygens (including phenoxy) is 2. The molecule has 718 valence electrons. The van der Waals surface area contributed by atoms with Crippen molar-refractivity contribution in [2.45, 2.75) is 319 Å². The number of hydrogen-bond acceptors (Lipinski definition) is 18. The lowest BCUT2D eigenvalue weighted by molar-refractivity contribution is -0.134. The van der Waals surface area contributed by atoms with Gasteiger partial charge in [-0.15, -0.1) is 0 Å². The molecule has 6 aliphatic heterocycles. The van der Waals surface area contributed by atoms with Crippen molar-refractivity contribution in [1.82, 2.24) is 50.7 Å². The third kappa shape index (κ3) is 36.4. The SMILES string of the molecule is CC(C)N1CCC(Cc2ccccc2)(NC(=O)C(O)CO)CC1.CC(C)N1CCC(Cc2ccccc2)(NC(=O)CO)CC1.CC(C)N1CCC(O)(C(F)c2ccccc2)CC1.CCC(O)CC(=O)NC1(Cc2ccccc2)CCN(C(C)C)CC1.COC(C)CC(=O)NC1(Cc2ccccc2)CCN(C(C)C)CC1.COc1cccc(CC2(O)CCN(C(C)C)CC2)c1. The van der Waals surface area contributed by atoms with E-state index in [-0.39, 0.29) is 52.4 Å². The first-order chi connectivity index (χ1) is 61.4. The van der Waals surface area contributed by atoms with Gasteiger partial charge in [0.05, 0.1) is 44.4 Å². The summed E-state index contributed by atoms with van der Waals surface area (Å²) in [6.45, 7) is 40.6. The fourth-order valence-corrected chi connectivity index (χ4v) is 18.8. The molecule has 0 aromatic heterocycles. The quantitative estimate of drug-likeness (QED) is 0.0188. The highest BCUT2D eigenvalue weighted by molar-refractivity contribution is 5.81. The highest BCUT2D eigenvalue weighted by atomic mass is 19.1. The number of likely N-dealkylation sites (tertiary alicyclic amines) is 6. The Balaban J connectivity index is 0.000000213. The molecule has 4 atom stereocenters. The molecule has 4 amide bonds. The third-order valence-electron chi connectivity index (χ3n) is 27.6. The van der Waals surface area contributed by atoms with Gasteiger partial charge in [-0.1, -0.05) is 171 Å². The number of aliphatic hydroxyl groups is 6. The van der Waals surface area contributed by atoms with E-state index in [2.05, 4.69) is 213 Å². The number of methoxy groups -OCH3 is 2. The van der Waals surface area contributed by atoms with Gasteiger partial charge in [-0.3, -0.25) is 19.2 Å². The summed E-state index contributed by atoms with van der Waals surface area (Å²) in [4.78, 5) is 63.2. The zero-order valence-electron chi connectivity index (χ0n) is 81.3. The Labute approximate surface area is 774 Å². The summed E-state index contributed by atoms with van der Waals surface area (Å²) >= 11 is 0. The molecule has 129 heavy (non-hydrogen) atoms. The van der Waals surface area contributed by atoms with Crippen molar-refractivity contribution in [2.24, 2.45) is 0 Å². The molecular formula is C106H165FN10O12. The van der Waals surface area contributed by atoms with Gasteiger partial charge in [-0.05, 0) is 245 Å². The minimum Gasteiger partial charge on any atom is -0.497 e. The fraction of sp³-hybridized carbons (Fsp3) is 0.623. The van der Waals surface area contributed by atoms with Crippen LogP contribution in [0.15, 0.2) is 176 Å². The van der Waals surface area contributed by atoms with Gasteiger partial charge in [-0.25, -0.2) is 4.39 Å². The number of aliphatic hydroxyl groups excluding tert-OH is 4. The number of nitrogens with zero attached hydrogens (tertiary/aromatic N) is 6. The Morgan fingerprint density at radius 1 is 0.380 bits per heavy atom. The van der Waals surface area contributed by atoms with Gasteiger partial charge in [0.25, 0.3) is 5.91 Å². The van der Waals surface area contributed by atoms with E-state index in [0.717, 1.165) is 186 Å². The van der Waals surface area contributed by atoms with Crippen LogP contribution in [-0.4, -0.2) is 278 Å². The second kappa shape index (κ2) is 53.9. The second-order valence-corrected chi connectivity index (χ2v) is 39.2. The number of benzene rings is 6. The van der Waals surface area contributed by atoms with Crippen molar-refractivity contribution < 1.29 is 63.7 Å². The lowest BCUT2D eigenvalue weighted by atomic mass is 9.81. The van der Waals surface area contributed by atoms with Crippen LogP contribution in [0.2, 0.25) is 0 Å². The number of carbonyl (C=O) groups is 4. The standard InChI is InChI=1S/2C20H32N2O2.C18H28N2O3.C17H26N2O2.C16H25NO2.C15H22FNO/c1-16(2)22-12-10-20(11-13-22,15-18-8-6-5-7-9-18)21-19(23)14-17(3)24-4;1-4-18(23)14-19(24)21-20(15-17-8-6-5-7-9-17)10-12-22(13-11-20)16(2)3;1-14(2)20-10-8-18(9-11-20,19-17(23)16(22)13-21)12-15-6-4-3-5-7-15;1-14(2)19-10-8-17(9-11-19,18-16(21)13-20)12-15-6-4-3-5-7-15;1-13(2)17-9-7-16(18,8-10-17)12-14-5-4-6-15(11-14)19-3;1-12(2)17-10-8-15(18,9-11-17)14(16)13-6-4-3-5-7-13/h5-9,16-17H,10-15H2,1-4H3,(H,21,23);5-9,16,18,23H,4,10-15H2,1-3H3,(H,21,24);3-7,14,16,21-22H,8-13H2,1-2H3,(H,19,23);3-7,14,20H,8-13H2,1-2H3,(H,18,21);4-6,11,13,18H,7-10,12H2,1-3H3;3-7,12,14,18H,8-11H2,1-2H3. The molecule has 4 unspecified atom stereocenters. The van der Waals surface area contributed by atoms with E-state index in [9.17, 15) is 44.0 Å². The van der Waals surface area contributed by atoms with Gasteiger partial charge < -0.3 is 90.8 Å². The fourth-order valence-electron chi connectivity index (χ4n) is 18.8. The van der Waals surface area contributed by atoms with Gasteiger partial charge in [0.15, 0.2) is 12.3 Å². The topological polar surface area (TPSA) is 276 Å². The molecule has 23 heteroatoms. The monoisotopic (exact) mass is 1790 g/mol. The summed E-state index contributed by atoms with van der Waals surface area (Å²) in [5.74, 6) is 0.169. The number of alkyl halides is 1. The lowest BCUT2D eigenvalue weighted by Crippen LogP contribution is -2.59. The molecular weight excluding hydrogens is 1620 g/mol. The molecule has 10 N–H and O–H groups in total. The second-order valence-electron chi connectivity index (χ2n) is 39.2. The molecule has 12 rings (SSSR count). The van der Waals surface area contributed by atoms with Gasteiger partial charge in [0.1, 0.15) is 18.0 Å². The minimum absolute atomic E-state index is 0.0294. The number of nitrogens with one attached hydrogen (secondary N) is 4. The summed E-state index contributed by atoms with van der Waals surface area (Å²) in [6.07, 6.45) is 12.1. The van der Waals surface area contributed by atoms with Crippen molar-refractivity contribution in [3.05, 3.63) is 209 Å². The molecule has 6 heterocycles. The summed E-state index contributed by atoms with van der Waals surface area (Å²) in [5.41, 5.74) is 3.99. The predicted molar refractivity (Wildman–Crippen MR) is 519 cm³/mol. The number of amides is 4. The van der Waals surface area contributed by atoms with Crippen molar-refractivity contribution in [3.63, 3.8) is 0 Å². The van der Waals surface area contributed by atoms with Crippen LogP contribution in [0.4, 0.5) is 4.39 Å². The molecule has 6 fully saturated rings. The minimum atomic E-state index is -1.36. The highest BCUT2D eigenvalue weighted by Gasteiger charge is 2.44. The van der Waals surface area contributed by atoms with Crippen LogP contribution < -0.4 is 26.0 Å². The Morgan fingerprint density at radius 2 is 0.674 bits per heavy atom. The van der Waals surface area contributed by atoms with Crippen molar-refractivity contribution in [1.29, 1.82) is 0 Å². The predicted octanol–water partition coefficient (Wildman–Crippen LogP) is 13.7. The van der Waals surface area contributed by atoms with E-state index >= 15 is 0 Å². The number of hydrogen-bond donors (Lipinski definition) is 10. The molecule has 0 radical (unpaired) electrons.